The number of aromatic nitrogens is 2. The molecule has 2 aromatic carbocycles. The smallest absolute Gasteiger partial charge is 0.278 e. The summed E-state index contributed by atoms with van der Waals surface area (Å²) in [4.78, 5) is 36.0. The fraction of sp³-hybridized carbons (Fsp3) is 0.280. The van der Waals surface area contributed by atoms with Gasteiger partial charge in [-0.2, -0.15) is 0 Å². The molecule has 1 fully saturated rings. The van der Waals surface area contributed by atoms with E-state index in [1.807, 2.05) is 18.2 Å². The number of nitrogens with zero attached hydrogens (tertiary/aromatic N) is 3. The molecule has 8 heteroatoms. The van der Waals surface area contributed by atoms with E-state index in [4.69, 9.17) is 5.73 Å². The van der Waals surface area contributed by atoms with Gasteiger partial charge in [0.25, 0.3) is 11.8 Å². The lowest BCUT2D eigenvalue weighted by Gasteiger charge is -2.26. The molecule has 0 bridgehead atoms. The Hall–Kier alpha value is -3.78. The summed E-state index contributed by atoms with van der Waals surface area (Å²) in [5.74, 6) is -0.487. The van der Waals surface area contributed by atoms with Gasteiger partial charge in [-0.05, 0) is 50.2 Å². The highest BCUT2D eigenvalue weighted by molar-refractivity contribution is 6.06. The lowest BCUT2D eigenvalue weighted by Crippen LogP contribution is -2.37. The molecule has 2 heterocycles. The maximum atomic E-state index is 12.6. The van der Waals surface area contributed by atoms with Gasteiger partial charge < -0.3 is 21.3 Å². The van der Waals surface area contributed by atoms with Crippen LogP contribution in [-0.2, 0) is 0 Å². The molecular weight excluding hydrogens is 416 g/mol. The largest absolute Gasteiger partial charge is 0.382 e. The number of nitrogen functional groups attached to an aromatic ring is 1. The monoisotopic (exact) mass is 444 g/mol. The summed E-state index contributed by atoms with van der Waals surface area (Å²) < 4.78 is 0. The van der Waals surface area contributed by atoms with Gasteiger partial charge in [0.05, 0.1) is 11.9 Å². The maximum Gasteiger partial charge on any atom is 0.278 e. The Morgan fingerprint density at radius 1 is 0.939 bits per heavy atom. The summed E-state index contributed by atoms with van der Waals surface area (Å²) >= 11 is 0. The lowest BCUT2D eigenvalue weighted by molar-refractivity contribution is 0.0945. The number of amides is 2. The molecule has 170 valence electrons. The first-order chi connectivity index (χ1) is 16.1. The van der Waals surface area contributed by atoms with E-state index in [0.29, 0.717) is 23.5 Å². The van der Waals surface area contributed by atoms with Crippen molar-refractivity contribution in [3.8, 4) is 11.3 Å². The summed E-state index contributed by atoms with van der Waals surface area (Å²) in [6.45, 7) is 3.72. The zero-order valence-corrected chi connectivity index (χ0v) is 18.5. The van der Waals surface area contributed by atoms with Gasteiger partial charge in [-0.3, -0.25) is 9.59 Å². The lowest BCUT2D eigenvalue weighted by atomic mass is 10.1. The predicted octanol–water partition coefficient (Wildman–Crippen LogP) is 3.19. The van der Waals surface area contributed by atoms with Crippen molar-refractivity contribution in [2.75, 3.05) is 37.2 Å². The van der Waals surface area contributed by atoms with Crippen LogP contribution in [0.3, 0.4) is 0 Å². The van der Waals surface area contributed by atoms with Gasteiger partial charge in [-0.25, -0.2) is 9.97 Å². The molecule has 0 radical (unpaired) electrons. The molecule has 0 saturated carbocycles. The van der Waals surface area contributed by atoms with Gasteiger partial charge >= 0.3 is 0 Å². The molecule has 1 saturated heterocycles. The Morgan fingerprint density at radius 3 is 2.39 bits per heavy atom. The number of carbonyl (C=O) groups is 2. The van der Waals surface area contributed by atoms with Crippen molar-refractivity contribution < 1.29 is 9.59 Å². The number of piperidine rings is 1. The average Bonchev–Trinajstić information content (AvgIpc) is 2.85. The van der Waals surface area contributed by atoms with Gasteiger partial charge in [-0.1, -0.05) is 36.8 Å². The number of rotatable bonds is 7. The Bertz CT molecular complexity index is 1100. The SMILES string of the molecule is Nc1ncc(-c2ccc(C(=O)NCCN3CCCCC3)cc2)nc1C(=O)Nc1ccccc1. The van der Waals surface area contributed by atoms with Crippen LogP contribution in [0.1, 0.15) is 40.1 Å². The second-order valence-corrected chi connectivity index (χ2v) is 8.04. The number of hydrogen-bond acceptors (Lipinski definition) is 6. The van der Waals surface area contributed by atoms with Crippen LogP contribution in [0.25, 0.3) is 11.3 Å². The highest BCUT2D eigenvalue weighted by Crippen LogP contribution is 2.20. The number of hydrogen-bond donors (Lipinski definition) is 3. The number of likely N-dealkylation sites (tertiary alicyclic amines) is 1. The van der Waals surface area contributed by atoms with Crippen molar-refractivity contribution >= 4 is 23.3 Å². The summed E-state index contributed by atoms with van der Waals surface area (Å²) in [5.41, 5.74) is 8.40. The molecule has 1 aliphatic rings. The van der Waals surface area contributed by atoms with Crippen LogP contribution in [-0.4, -0.2) is 52.9 Å². The summed E-state index contributed by atoms with van der Waals surface area (Å²) in [7, 11) is 0. The van der Waals surface area contributed by atoms with Crippen molar-refractivity contribution in [2.24, 2.45) is 0 Å². The third-order valence-electron chi connectivity index (χ3n) is 5.65. The van der Waals surface area contributed by atoms with E-state index in [-0.39, 0.29) is 17.4 Å². The third-order valence-corrected chi connectivity index (χ3v) is 5.65. The molecule has 0 aliphatic carbocycles. The molecule has 0 spiro atoms. The molecule has 4 rings (SSSR count). The number of para-hydroxylation sites is 1. The molecule has 4 N–H and O–H groups in total. The van der Waals surface area contributed by atoms with Crippen molar-refractivity contribution in [3.63, 3.8) is 0 Å². The highest BCUT2D eigenvalue weighted by Gasteiger charge is 2.16. The van der Waals surface area contributed by atoms with Gasteiger partial charge in [0, 0.05) is 29.9 Å². The van der Waals surface area contributed by atoms with E-state index in [9.17, 15) is 9.59 Å². The standard InChI is InChI=1S/C25H28N6O2/c26-23-22(25(33)29-20-7-3-1-4-8-20)30-21(17-28-23)18-9-11-19(12-10-18)24(32)27-13-16-31-14-5-2-6-15-31/h1,3-4,7-12,17H,2,5-6,13-16H2,(H2,26,28)(H,27,32)(H,29,33). The third kappa shape index (κ3) is 5.93. The van der Waals surface area contributed by atoms with Crippen molar-refractivity contribution in [1.29, 1.82) is 0 Å². The first-order valence-corrected chi connectivity index (χ1v) is 11.2. The Balaban J connectivity index is 1.39. The quantitative estimate of drug-likeness (QED) is 0.516. The molecule has 0 unspecified atom stereocenters. The second-order valence-electron chi connectivity index (χ2n) is 8.04. The number of carbonyl (C=O) groups excluding carboxylic acids is 2. The minimum absolute atomic E-state index is 0.0517. The molecule has 0 atom stereocenters. The first kappa shape index (κ1) is 22.4. The van der Waals surface area contributed by atoms with Crippen molar-refractivity contribution in [3.05, 3.63) is 72.1 Å². The molecule has 2 amide bonds. The molecular formula is C25H28N6O2. The molecule has 1 aromatic heterocycles. The summed E-state index contributed by atoms with van der Waals surface area (Å²) in [6.07, 6.45) is 5.28. The normalized spacial score (nSPS) is 13.9. The molecule has 1 aliphatic heterocycles. The number of nitrogens with one attached hydrogen (secondary N) is 2. The summed E-state index contributed by atoms with van der Waals surface area (Å²) in [6, 6.07) is 16.1. The number of benzene rings is 2. The Kier molecular flexibility index (Phi) is 7.26. The van der Waals surface area contributed by atoms with Crippen molar-refractivity contribution in [2.45, 2.75) is 19.3 Å². The van der Waals surface area contributed by atoms with Crippen LogP contribution in [0.5, 0.6) is 0 Å². The van der Waals surface area contributed by atoms with Crippen LogP contribution in [0.15, 0.2) is 60.8 Å². The van der Waals surface area contributed by atoms with E-state index in [0.717, 1.165) is 25.2 Å². The van der Waals surface area contributed by atoms with E-state index in [1.54, 1.807) is 36.4 Å². The summed E-state index contributed by atoms with van der Waals surface area (Å²) in [5, 5.41) is 5.75. The predicted molar refractivity (Wildman–Crippen MR) is 129 cm³/mol. The fourth-order valence-electron chi connectivity index (χ4n) is 3.82. The Labute approximate surface area is 193 Å². The average molecular weight is 445 g/mol. The van der Waals surface area contributed by atoms with Crippen LogP contribution in [0.2, 0.25) is 0 Å². The van der Waals surface area contributed by atoms with Crippen LogP contribution in [0.4, 0.5) is 11.5 Å². The minimum Gasteiger partial charge on any atom is -0.382 e. The number of anilines is 2. The maximum absolute atomic E-state index is 12.6. The van der Waals surface area contributed by atoms with Gasteiger partial charge in [0.2, 0.25) is 0 Å². The van der Waals surface area contributed by atoms with Crippen LogP contribution < -0.4 is 16.4 Å². The fourth-order valence-corrected chi connectivity index (χ4v) is 3.82. The molecule has 3 aromatic rings. The van der Waals surface area contributed by atoms with Crippen LogP contribution >= 0.6 is 0 Å². The molecule has 8 nitrogen and oxygen atoms in total. The van der Waals surface area contributed by atoms with E-state index in [1.165, 1.54) is 25.5 Å². The topological polar surface area (TPSA) is 113 Å². The highest BCUT2D eigenvalue weighted by atomic mass is 16.2. The zero-order valence-electron chi connectivity index (χ0n) is 18.5. The zero-order chi connectivity index (χ0) is 23.0. The van der Waals surface area contributed by atoms with Gasteiger partial charge in [0.15, 0.2) is 11.5 Å². The van der Waals surface area contributed by atoms with E-state index < -0.39 is 5.91 Å². The van der Waals surface area contributed by atoms with Gasteiger partial charge in [-0.15, -0.1) is 0 Å². The van der Waals surface area contributed by atoms with Crippen LogP contribution in [0, 0.1) is 0 Å². The van der Waals surface area contributed by atoms with E-state index >= 15 is 0 Å². The first-order valence-electron chi connectivity index (χ1n) is 11.2. The second kappa shape index (κ2) is 10.7. The Morgan fingerprint density at radius 2 is 1.67 bits per heavy atom. The minimum atomic E-state index is -0.433. The van der Waals surface area contributed by atoms with Gasteiger partial charge in [0.1, 0.15) is 0 Å². The van der Waals surface area contributed by atoms with E-state index in [2.05, 4.69) is 25.5 Å². The molecule has 33 heavy (non-hydrogen) atoms. The van der Waals surface area contributed by atoms with Crippen molar-refractivity contribution in [1.82, 2.24) is 20.2 Å². The number of nitrogens with two attached hydrogens (primary N) is 1.